The number of ether oxygens (including phenoxy) is 1. The molecule has 3 nitrogen and oxygen atoms in total. The molecule has 0 spiro atoms. The van der Waals surface area contributed by atoms with Gasteiger partial charge in [-0.05, 0) is 25.8 Å². The lowest BCUT2D eigenvalue weighted by molar-refractivity contribution is 0.0147. The Hall–Kier alpha value is -0.130. The molecule has 0 saturated carbocycles. The molecule has 1 aromatic rings. The first-order chi connectivity index (χ1) is 9.10. The van der Waals surface area contributed by atoms with Crippen LogP contribution in [0.4, 0.5) is 0 Å². The van der Waals surface area contributed by atoms with E-state index in [-0.39, 0.29) is 5.78 Å². The maximum absolute atomic E-state index is 12.1. The zero-order valence-corrected chi connectivity index (χ0v) is 13.2. The second kappa shape index (κ2) is 7.04. The van der Waals surface area contributed by atoms with Crippen LogP contribution in [0.1, 0.15) is 30.1 Å². The van der Waals surface area contributed by atoms with Crippen molar-refractivity contribution >= 4 is 40.3 Å². The van der Waals surface area contributed by atoms with E-state index >= 15 is 0 Å². The van der Waals surface area contributed by atoms with Crippen molar-refractivity contribution in [1.29, 1.82) is 0 Å². The normalized spacial score (nSPS) is 17.8. The number of rotatable bonds is 5. The predicted octanol–water partition coefficient (Wildman–Crippen LogP) is 3.74. The standard InChI is InChI=1S/C13H17Cl2NO2S/c1-2-18-9-3-5-16(6-4-9)8-11(17)10-7-12(14)19-13(10)15/h7,9H,2-6,8H2,1H3. The molecule has 0 atom stereocenters. The van der Waals surface area contributed by atoms with Gasteiger partial charge in [0.1, 0.15) is 4.34 Å². The Balaban J connectivity index is 1.85. The minimum atomic E-state index is 0.0445. The van der Waals surface area contributed by atoms with Gasteiger partial charge in [-0.15, -0.1) is 11.3 Å². The van der Waals surface area contributed by atoms with E-state index < -0.39 is 0 Å². The molecule has 6 heteroatoms. The number of thiophene rings is 1. The summed E-state index contributed by atoms with van der Waals surface area (Å²) in [4.78, 5) is 14.3. The average molecular weight is 322 g/mol. The molecule has 1 aliphatic heterocycles. The summed E-state index contributed by atoms with van der Waals surface area (Å²) in [5.41, 5.74) is 0.545. The predicted molar refractivity (Wildman–Crippen MR) is 79.8 cm³/mol. The Kier molecular flexibility index (Phi) is 5.66. The second-order valence-electron chi connectivity index (χ2n) is 4.59. The Morgan fingerprint density at radius 2 is 2.16 bits per heavy atom. The van der Waals surface area contributed by atoms with Crippen molar-refractivity contribution in [2.45, 2.75) is 25.9 Å². The number of hydrogen-bond donors (Lipinski definition) is 0. The Labute approximate surface area is 127 Å². The van der Waals surface area contributed by atoms with Gasteiger partial charge >= 0.3 is 0 Å². The Morgan fingerprint density at radius 1 is 1.47 bits per heavy atom. The summed E-state index contributed by atoms with van der Waals surface area (Å²) in [6.07, 6.45) is 2.31. The highest BCUT2D eigenvalue weighted by molar-refractivity contribution is 7.20. The number of likely N-dealkylation sites (tertiary alicyclic amines) is 1. The van der Waals surface area contributed by atoms with Crippen molar-refractivity contribution in [3.63, 3.8) is 0 Å². The summed E-state index contributed by atoms with van der Waals surface area (Å²) in [6, 6.07) is 1.66. The van der Waals surface area contributed by atoms with Crippen molar-refractivity contribution in [2.75, 3.05) is 26.2 Å². The molecule has 1 saturated heterocycles. The molecular formula is C13H17Cl2NO2S. The molecule has 0 unspecified atom stereocenters. The van der Waals surface area contributed by atoms with E-state index in [4.69, 9.17) is 27.9 Å². The van der Waals surface area contributed by atoms with Crippen LogP contribution in [-0.4, -0.2) is 43.0 Å². The summed E-state index contributed by atoms with van der Waals surface area (Å²) in [5, 5.41) is 0. The fourth-order valence-electron chi connectivity index (χ4n) is 2.29. The Morgan fingerprint density at radius 3 is 2.68 bits per heavy atom. The van der Waals surface area contributed by atoms with Crippen molar-refractivity contribution in [3.8, 4) is 0 Å². The van der Waals surface area contributed by atoms with Gasteiger partial charge in [-0.2, -0.15) is 0 Å². The van der Waals surface area contributed by atoms with Gasteiger partial charge < -0.3 is 4.74 Å². The monoisotopic (exact) mass is 321 g/mol. The molecule has 0 N–H and O–H groups in total. The first kappa shape index (κ1) is 15.3. The third kappa shape index (κ3) is 4.17. The minimum absolute atomic E-state index is 0.0445. The van der Waals surface area contributed by atoms with Crippen LogP contribution >= 0.6 is 34.5 Å². The highest BCUT2D eigenvalue weighted by atomic mass is 35.5. The highest BCUT2D eigenvalue weighted by Gasteiger charge is 2.22. The summed E-state index contributed by atoms with van der Waals surface area (Å²) in [7, 11) is 0. The lowest BCUT2D eigenvalue weighted by atomic mass is 10.1. The molecule has 19 heavy (non-hydrogen) atoms. The molecule has 1 aromatic heterocycles. The lowest BCUT2D eigenvalue weighted by Gasteiger charge is -2.31. The van der Waals surface area contributed by atoms with Gasteiger partial charge in [0, 0.05) is 19.7 Å². The van der Waals surface area contributed by atoms with E-state index in [2.05, 4.69) is 4.90 Å². The summed E-state index contributed by atoms with van der Waals surface area (Å²) < 4.78 is 6.64. The quantitative estimate of drug-likeness (QED) is 0.774. The van der Waals surface area contributed by atoms with E-state index in [1.54, 1.807) is 6.07 Å². The van der Waals surface area contributed by atoms with Crippen molar-refractivity contribution in [3.05, 3.63) is 20.3 Å². The average Bonchev–Trinajstić information content (AvgIpc) is 2.71. The number of piperidine rings is 1. The third-order valence-electron chi connectivity index (χ3n) is 3.26. The molecule has 0 amide bonds. The zero-order chi connectivity index (χ0) is 13.8. The second-order valence-corrected chi connectivity index (χ2v) is 6.88. The van der Waals surface area contributed by atoms with Gasteiger partial charge in [-0.1, -0.05) is 23.2 Å². The maximum atomic E-state index is 12.1. The van der Waals surface area contributed by atoms with Crippen molar-refractivity contribution in [2.24, 2.45) is 0 Å². The van der Waals surface area contributed by atoms with E-state index in [1.807, 2.05) is 6.92 Å². The van der Waals surface area contributed by atoms with Crippen LogP contribution in [0.3, 0.4) is 0 Å². The molecule has 0 bridgehead atoms. The zero-order valence-electron chi connectivity index (χ0n) is 10.8. The first-order valence-corrected chi connectivity index (χ1v) is 7.99. The number of nitrogens with zero attached hydrogens (tertiary/aromatic N) is 1. The van der Waals surface area contributed by atoms with E-state index in [0.717, 1.165) is 32.5 Å². The van der Waals surface area contributed by atoms with Gasteiger partial charge in [0.2, 0.25) is 0 Å². The summed E-state index contributed by atoms with van der Waals surface area (Å²) in [6.45, 7) is 4.97. The number of carbonyl (C=O) groups is 1. The molecule has 1 fully saturated rings. The number of halogens is 2. The number of ketones is 1. The minimum Gasteiger partial charge on any atom is -0.378 e. The summed E-state index contributed by atoms with van der Waals surface area (Å²) >= 11 is 13.1. The van der Waals surface area contributed by atoms with Crippen LogP contribution in [-0.2, 0) is 4.74 Å². The van der Waals surface area contributed by atoms with Gasteiger partial charge in [0.05, 0.1) is 22.5 Å². The molecule has 2 heterocycles. The largest absolute Gasteiger partial charge is 0.378 e. The lowest BCUT2D eigenvalue weighted by Crippen LogP contribution is -2.39. The van der Waals surface area contributed by atoms with Crippen LogP contribution < -0.4 is 0 Å². The molecule has 0 radical (unpaired) electrons. The maximum Gasteiger partial charge on any atom is 0.179 e. The van der Waals surface area contributed by atoms with E-state index in [9.17, 15) is 4.79 Å². The van der Waals surface area contributed by atoms with Crippen LogP contribution in [0.15, 0.2) is 6.07 Å². The molecule has 0 aliphatic carbocycles. The topological polar surface area (TPSA) is 29.5 Å². The van der Waals surface area contributed by atoms with Gasteiger partial charge in [-0.25, -0.2) is 0 Å². The van der Waals surface area contributed by atoms with Crippen LogP contribution in [0.25, 0.3) is 0 Å². The van der Waals surface area contributed by atoms with E-state index in [0.29, 0.717) is 26.9 Å². The molecule has 106 valence electrons. The number of carbonyl (C=O) groups excluding carboxylic acids is 1. The van der Waals surface area contributed by atoms with Crippen LogP contribution in [0.2, 0.25) is 8.67 Å². The third-order valence-corrected chi connectivity index (χ3v) is 4.75. The molecular weight excluding hydrogens is 305 g/mol. The van der Waals surface area contributed by atoms with Crippen molar-refractivity contribution < 1.29 is 9.53 Å². The highest BCUT2D eigenvalue weighted by Crippen LogP contribution is 2.31. The number of hydrogen-bond acceptors (Lipinski definition) is 4. The molecule has 2 rings (SSSR count). The van der Waals surface area contributed by atoms with E-state index in [1.165, 1.54) is 11.3 Å². The molecule has 1 aliphatic rings. The van der Waals surface area contributed by atoms with Gasteiger partial charge in [0.15, 0.2) is 5.78 Å². The Bertz CT molecular complexity index is 442. The fourth-order valence-corrected chi connectivity index (χ4v) is 3.79. The number of Topliss-reactive ketones (excluding diaryl/α,β-unsaturated/α-hetero) is 1. The fraction of sp³-hybridized carbons (Fsp3) is 0.615. The SMILES string of the molecule is CCOC1CCN(CC(=O)c2cc(Cl)sc2Cl)CC1. The van der Waals surface area contributed by atoms with Crippen LogP contribution in [0, 0.1) is 0 Å². The molecule has 0 aromatic carbocycles. The smallest absolute Gasteiger partial charge is 0.179 e. The first-order valence-electron chi connectivity index (χ1n) is 6.42. The van der Waals surface area contributed by atoms with Gasteiger partial charge in [-0.3, -0.25) is 9.69 Å². The van der Waals surface area contributed by atoms with Gasteiger partial charge in [0.25, 0.3) is 0 Å². The van der Waals surface area contributed by atoms with Crippen LogP contribution in [0.5, 0.6) is 0 Å². The van der Waals surface area contributed by atoms with Crippen molar-refractivity contribution in [1.82, 2.24) is 4.90 Å². The summed E-state index contributed by atoms with van der Waals surface area (Å²) in [5.74, 6) is 0.0445.